The fourth-order valence-electron chi connectivity index (χ4n) is 1.76. The van der Waals surface area contributed by atoms with Crippen molar-refractivity contribution in [3.63, 3.8) is 0 Å². The number of aryl methyl sites for hydroxylation is 1. The van der Waals surface area contributed by atoms with E-state index in [0.717, 1.165) is 18.6 Å². The van der Waals surface area contributed by atoms with Gasteiger partial charge in [0.2, 0.25) is 0 Å². The molecule has 1 aromatic rings. The molecular weight excluding hydrogens is 198 g/mol. The molecule has 2 heteroatoms. The molecule has 0 aliphatic carbocycles. The second-order valence-corrected chi connectivity index (χ2v) is 4.28. The van der Waals surface area contributed by atoms with Gasteiger partial charge in [-0.25, -0.2) is 0 Å². The lowest BCUT2D eigenvalue weighted by atomic mass is 10.1. The number of rotatable bonds is 7. The van der Waals surface area contributed by atoms with E-state index >= 15 is 0 Å². The lowest BCUT2D eigenvalue weighted by Crippen LogP contribution is -2.20. The number of nitrogens with two attached hydrogens (primary N) is 1. The number of hydrogen-bond acceptors (Lipinski definition) is 2. The Morgan fingerprint density at radius 2 is 2.12 bits per heavy atom. The van der Waals surface area contributed by atoms with Gasteiger partial charge in [-0.05, 0) is 44.0 Å². The second kappa shape index (κ2) is 7.29. The van der Waals surface area contributed by atoms with Gasteiger partial charge in [0.25, 0.3) is 0 Å². The summed E-state index contributed by atoms with van der Waals surface area (Å²) in [5, 5.41) is 0. The summed E-state index contributed by atoms with van der Waals surface area (Å²) in [5.41, 5.74) is 6.84. The van der Waals surface area contributed by atoms with Crippen LogP contribution in [0.2, 0.25) is 0 Å². The molecular formula is C14H23NO. The quantitative estimate of drug-likeness (QED) is 0.767. The molecule has 0 spiro atoms. The first kappa shape index (κ1) is 13.0. The summed E-state index contributed by atoms with van der Waals surface area (Å²) in [5.74, 6) is 0.967. The maximum absolute atomic E-state index is 5.96. The summed E-state index contributed by atoms with van der Waals surface area (Å²) in [4.78, 5) is 0. The molecule has 90 valence electrons. The summed E-state index contributed by atoms with van der Waals surface area (Å²) in [6.45, 7) is 4.98. The van der Waals surface area contributed by atoms with Gasteiger partial charge in [0.15, 0.2) is 0 Å². The first-order valence-electron chi connectivity index (χ1n) is 6.19. The van der Waals surface area contributed by atoms with Gasteiger partial charge in [-0.2, -0.15) is 0 Å². The van der Waals surface area contributed by atoms with E-state index in [1.807, 2.05) is 12.1 Å². The molecule has 16 heavy (non-hydrogen) atoms. The van der Waals surface area contributed by atoms with Crippen LogP contribution in [0.15, 0.2) is 24.3 Å². The molecule has 2 N–H and O–H groups in total. The van der Waals surface area contributed by atoms with E-state index in [1.165, 1.54) is 18.4 Å². The van der Waals surface area contributed by atoms with Crippen molar-refractivity contribution in [2.75, 3.05) is 6.54 Å². The van der Waals surface area contributed by atoms with Crippen LogP contribution in [-0.2, 0) is 0 Å². The van der Waals surface area contributed by atoms with Crippen molar-refractivity contribution in [3.05, 3.63) is 29.8 Å². The van der Waals surface area contributed by atoms with Crippen molar-refractivity contribution in [2.24, 2.45) is 5.73 Å². The zero-order chi connectivity index (χ0) is 11.8. The normalized spacial score (nSPS) is 12.4. The molecule has 0 aliphatic heterocycles. The largest absolute Gasteiger partial charge is 0.490 e. The minimum atomic E-state index is 0.270. The summed E-state index contributed by atoms with van der Waals surface area (Å²) < 4.78 is 5.96. The number of hydrogen-bond donors (Lipinski definition) is 1. The molecule has 0 radical (unpaired) electrons. The molecule has 0 saturated heterocycles. The van der Waals surface area contributed by atoms with E-state index in [1.54, 1.807) is 0 Å². The lowest BCUT2D eigenvalue weighted by molar-refractivity contribution is 0.180. The Morgan fingerprint density at radius 1 is 1.31 bits per heavy atom. The van der Waals surface area contributed by atoms with Crippen LogP contribution in [0.4, 0.5) is 0 Å². The first-order chi connectivity index (χ1) is 7.76. The minimum absolute atomic E-state index is 0.270. The van der Waals surface area contributed by atoms with Crippen LogP contribution in [0.3, 0.4) is 0 Å². The molecule has 1 rings (SSSR count). The Morgan fingerprint density at radius 3 is 2.75 bits per heavy atom. The number of ether oxygens (including phenoxy) is 1. The summed E-state index contributed by atoms with van der Waals surface area (Å²) in [7, 11) is 0. The molecule has 2 nitrogen and oxygen atoms in total. The Balaban J connectivity index is 2.52. The van der Waals surface area contributed by atoms with E-state index in [0.29, 0.717) is 6.54 Å². The second-order valence-electron chi connectivity index (χ2n) is 4.28. The van der Waals surface area contributed by atoms with Gasteiger partial charge in [0.05, 0.1) is 6.10 Å². The molecule has 0 saturated carbocycles. The van der Waals surface area contributed by atoms with E-state index in [9.17, 15) is 0 Å². The molecule has 0 fully saturated rings. The van der Waals surface area contributed by atoms with Crippen LogP contribution in [0.1, 0.15) is 38.2 Å². The summed E-state index contributed by atoms with van der Waals surface area (Å²) in [6, 6.07) is 8.21. The third kappa shape index (κ3) is 4.67. The Bertz CT molecular complexity index is 299. The van der Waals surface area contributed by atoms with E-state index in [2.05, 4.69) is 26.0 Å². The van der Waals surface area contributed by atoms with Crippen LogP contribution in [0.25, 0.3) is 0 Å². The fourth-order valence-corrected chi connectivity index (χ4v) is 1.76. The Hall–Kier alpha value is -1.02. The zero-order valence-corrected chi connectivity index (χ0v) is 10.4. The highest BCUT2D eigenvalue weighted by Crippen LogP contribution is 2.17. The van der Waals surface area contributed by atoms with Crippen LogP contribution < -0.4 is 10.5 Å². The van der Waals surface area contributed by atoms with E-state index in [-0.39, 0.29) is 6.10 Å². The van der Waals surface area contributed by atoms with Crippen molar-refractivity contribution in [2.45, 2.75) is 45.6 Å². The molecule has 1 aromatic carbocycles. The van der Waals surface area contributed by atoms with Crippen molar-refractivity contribution >= 4 is 0 Å². The Labute approximate surface area is 98.8 Å². The lowest BCUT2D eigenvalue weighted by Gasteiger charge is -2.18. The van der Waals surface area contributed by atoms with Gasteiger partial charge in [-0.15, -0.1) is 0 Å². The molecule has 1 unspecified atom stereocenters. The maximum Gasteiger partial charge on any atom is 0.119 e. The molecule has 1 atom stereocenters. The van der Waals surface area contributed by atoms with Crippen molar-refractivity contribution in [3.8, 4) is 5.75 Å². The highest BCUT2D eigenvalue weighted by molar-refractivity contribution is 5.27. The smallest absolute Gasteiger partial charge is 0.119 e. The highest BCUT2D eigenvalue weighted by atomic mass is 16.5. The van der Waals surface area contributed by atoms with Gasteiger partial charge in [0, 0.05) is 0 Å². The maximum atomic E-state index is 5.96. The van der Waals surface area contributed by atoms with E-state index in [4.69, 9.17) is 10.5 Å². The van der Waals surface area contributed by atoms with Gasteiger partial charge in [-0.1, -0.05) is 31.9 Å². The average molecular weight is 221 g/mol. The number of benzene rings is 1. The molecule has 0 bridgehead atoms. The van der Waals surface area contributed by atoms with Gasteiger partial charge >= 0.3 is 0 Å². The third-order valence-corrected chi connectivity index (χ3v) is 2.66. The zero-order valence-electron chi connectivity index (χ0n) is 10.4. The third-order valence-electron chi connectivity index (χ3n) is 2.66. The fraction of sp³-hybridized carbons (Fsp3) is 0.571. The van der Waals surface area contributed by atoms with Crippen LogP contribution in [0.5, 0.6) is 5.75 Å². The minimum Gasteiger partial charge on any atom is -0.490 e. The molecule has 0 heterocycles. The Kier molecular flexibility index (Phi) is 5.94. The monoisotopic (exact) mass is 221 g/mol. The summed E-state index contributed by atoms with van der Waals surface area (Å²) in [6.07, 6.45) is 4.72. The van der Waals surface area contributed by atoms with E-state index < -0.39 is 0 Å². The number of unbranched alkanes of at least 4 members (excludes halogenated alkanes) is 1. The van der Waals surface area contributed by atoms with Crippen molar-refractivity contribution < 1.29 is 4.74 Å². The average Bonchev–Trinajstić information content (AvgIpc) is 2.26. The van der Waals surface area contributed by atoms with Crippen molar-refractivity contribution in [1.82, 2.24) is 0 Å². The van der Waals surface area contributed by atoms with Crippen molar-refractivity contribution in [1.29, 1.82) is 0 Å². The molecule has 0 amide bonds. The van der Waals surface area contributed by atoms with Gasteiger partial charge < -0.3 is 10.5 Å². The predicted molar refractivity (Wildman–Crippen MR) is 68.8 cm³/mol. The highest BCUT2D eigenvalue weighted by Gasteiger charge is 2.08. The first-order valence-corrected chi connectivity index (χ1v) is 6.19. The molecule has 0 aromatic heterocycles. The van der Waals surface area contributed by atoms with Crippen LogP contribution in [-0.4, -0.2) is 12.6 Å². The van der Waals surface area contributed by atoms with Gasteiger partial charge in [0.1, 0.15) is 5.75 Å². The van der Waals surface area contributed by atoms with Gasteiger partial charge in [-0.3, -0.25) is 0 Å². The van der Waals surface area contributed by atoms with Crippen LogP contribution in [0, 0.1) is 6.92 Å². The SMILES string of the molecule is CCCCC(CCN)Oc1cccc(C)c1. The summed E-state index contributed by atoms with van der Waals surface area (Å²) >= 11 is 0. The van der Waals surface area contributed by atoms with Crippen LogP contribution >= 0.6 is 0 Å². The predicted octanol–water partition coefficient (Wildman–Crippen LogP) is 3.28. The standard InChI is InChI=1S/C14H23NO/c1-3-4-7-13(9-10-15)16-14-8-5-6-12(2)11-14/h5-6,8,11,13H,3-4,7,9-10,15H2,1-2H3. The topological polar surface area (TPSA) is 35.2 Å². The molecule has 0 aliphatic rings.